The van der Waals surface area contributed by atoms with Crippen molar-refractivity contribution in [3.8, 4) is 0 Å². The minimum absolute atomic E-state index is 0.0800. The van der Waals surface area contributed by atoms with E-state index in [1.54, 1.807) is 6.92 Å². The van der Waals surface area contributed by atoms with E-state index in [1.807, 2.05) is 6.92 Å². The Morgan fingerprint density at radius 2 is 2.50 bits per heavy atom. The largest absolute Gasteiger partial charge is 0.381 e. The minimum atomic E-state index is 0.0800. The topological polar surface area (TPSA) is 51.2 Å². The maximum atomic E-state index is 11.4. The number of ketones is 1. The lowest BCUT2D eigenvalue weighted by molar-refractivity contribution is 0.101. The van der Waals surface area contributed by atoms with Gasteiger partial charge in [-0.15, -0.1) is 0 Å². The summed E-state index contributed by atoms with van der Waals surface area (Å²) in [5.41, 5.74) is 1.56. The SMILES string of the molecule is CC(=O)c1c(C)nsc1NCC1CCOC1. The third-order valence-electron chi connectivity index (χ3n) is 2.79. The average molecular weight is 240 g/mol. The number of hydrogen-bond donors (Lipinski definition) is 1. The van der Waals surface area contributed by atoms with Crippen LogP contribution >= 0.6 is 11.5 Å². The summed E-state index contributed by atoms with van der Waals surface area (Å²) in [6, 6.07) is 0. The van der Waals surface area contributed by atoms with Crippen molar-refractivity contribution >= 4 is 22.3 Å². The monoisotopic (exact) mass is 240 g/mol. The molecule has 1 aliphatic rings. The number of Topliss-reactive ketones (excluding diaryl/α,β-unsaturated/α-hetero) is 1. The summed E-state index contributed by atoms with van der Waals surface area (Å²) in [7, 11) is 0. The van der Waals surface area contributed by atoms with E-state index >= 15 is 0 Å². The molecule has 1 fully saturated rings. The summed E-state index contributed by atoms with van der Waals surface area (Å²) < 4.78 is 9.52. The van der Waals surface area contributed by atoms with E-state index in [-0.39, 0.29) is 5.78 Å². The van der Waals surface area contributed by atoms with Crippen LogP contribution in [0.4, 0.5) is 5.00 Å². The van der Waals surface area contributed by atoms with Gasteiger partial charge in [-0.2, -0.15) is 4.37 Å². The van der Waals surface area contributed by atoms with Crippen molar-refractivity contribution in [2.24, 2.45) is 5.92 Å². The number of carbonyl (C=O) groups is 1. The first kappa shape index (κ1) is 11.5. The second-order valence-electron chi connectivity index (χ2n) is 4.14. The molecule has 4 nitrogen and oxygen atoms in total. The Morgan fingerprint density at radius 1 is 1.69 bits per heavy atom. The molecular weight excluding hydrogens is 224 g/mol. The van der Waals surface area contributed by atoms with E-state index in [4.69, 9.17) is 4.74 Å². The number of rotatable bonds is 4. The molecule has 16 heavy (non-hydrogen) atoms. The smallest absolute Gasteiger partial charge is 0.164 e. The molecule has 1 N–H and O–H groups in total. The molecular formula is C11H16N2O2S. The molecule has 0 aromatic carbocycles. The average Bonchev–Trinajstić information content (AvgIpc) is 2.83. The van der Waals surface area contributed by atoms with Gasteiger partial charge in [0.05, 0.1) is 17.9 Å². The highest BCUT2D eigenvalue weighted by molar-refractivity contribution is 7.10. The molecule has 1 aromatic rings. The first-order valence-corrected chi connectivity index (χ1v) is 6.24. The van der Waals surface area contributed by atoms with E-state index in [2.05, 4.69) is 9.69 Å². The highest BCUT2D eigenvalue weighted by Gasteiger charge is 2.18. The summed E-state index contributed by atoms with van der Waals surface area (Å²) in [4.78, 5) is 11.4. The quantitative estimate of drug-likeness (QED) is 0.819. The van der Waals surface area contributed by atoms with E-state index in [1.165, 1.54) is 11.5 Å². The first-order chi connectivity index (χ1) is 7.68. The molecule has 0 amide bonds. The Bertz CT molecular complexity index is 383. The standard InChI is InChI=1S/C11H16N2O2S/c1-7-10(8(2)14)11(16-13-7)12-5-9-3-4-15-6-9/h9,12H,3-6H2,1-2H3. The predicted molar refractivity (Wildman–Crippen MR) is 64.3 cm³/mol. The maximum Gasteiger partial charge on any atom is 0.164 e. The fraction of sp³-hybridized carbons (Fsp3) is 0.636. The molecule has 0 saturated carbocycles. The molecule has 5 heteroatoms. The van der Waals surface area contributed by atoms with E-state index in [0.717, 1.165) is 42.4 Å². The Balaban J connectivity index is 2.00. The van der Waals surface area contributed by atoms with Crippen LogP contribution in [0.15, 0.2) is 0 Å². The van der Waals surface area contributed by atoms with Crippen LogP contribution in [0.3, 0.4) is 0 Å². The summed E-state index contributed by atoms with van der Waals surface area (Å²) in [5, 5.41) is 4.21. The molecule has 1 aliphatic heterocycles. The molecule has 0 aliphatic carbocycles. The van der Waals surface area contributed by atoms with Gasteiger partial charge in [-0.3, -0.25) is 4.79 Å². The molecule has 0 radical (unpaired) electrons. The zero-order valence-electron chi connectivity index (χ0n) is 9.58. The van der Waals surface area contributed by atoms with E-state index in [9.17, 15) is 4.79 Å². The van der Waals surface area contributed by atoms with Crippen LogP contribution in [0.25, 0.3) is 0 Å². The molecule has 1 unspecified atom stereocenters. The molecule has 2 heterocycles. The van der Waals surface area contributed by atoms with Crippen molar-refractivity contribution in [2.45, 2.75) is 20.3 Å². The van der Waals surface area contributed by atoms with Gasteiger partial charge in [0.2, 0.25) is 0 Å². The number of nitrogens with zero attached hydrogens (tertiary/aromatic N) is 1. The van der Waals surface area contributed by atoms with Gasteiger partial charge in [-0.1, -0.05) is 0 Å². The van der Waals surface area contributed by atoms with Crippen LogP contribution < -0.4 is 5.32 Å². The third kappa shape index (κ3) is 2.41. The molecule has 0 bridgehead atoms. The van der Waals surface area contributed by atoms with Crippen LogP contribution in [0.1, 0.15) is 29.4 Å². The molecule has 0 spiro atoms. The fourth-order valence-electron chi connectivity index (χ4n) is 1.89. The van der Waals surface area contributed by atoms with Crippen LogP contribution in [0.2, 0.25) is 0 Å². The zero-order chi connectivity index (χ0) is 11.5. The van der Waals surface area contributed by atoms with E-state index < -0.39 is 0 Å². The number of nitrogens with one attached hydrogen (secondary N) is 1. The van der Waals surface area contributed by atoms with Gasteiger partial charge < -0.3 is 10.1 Å². The molecule has 88 valence electrons. The van der Waals surface area contributed by atoms with Crippen LogP contribution in [-0.2, 0) is 4.74 Å². The highest BCUT2D eigenvalue weighted by Crippen LogP contribution is 2.25. The van der Waals surface area contributed by atoms with Crippen molar-refractivity contribution in [1.29, 1.82) is 0 Å². The van der Waals surface area contributed by atoms with Crippen LogP contribution in [-0.4, -0.2) is 29.9 Å². The Kier molecular flexibility index (Phi) is 3.56. The maximum absolute atomic E-state index is 11.4. The van der Waals surface area contributed by atoms with Crippen LogP contribution in [0.5, 0.6) is 0 Å². The van der Waals surface area contributed by atoms with Gasteiger partial charge in [-0.05, 0) is 31.8 Å². The van der Waals surface area contributed by atoms with Gasteiger partial charge in [0.15, 0.2) is 5.78 Å². The lowest BCUT2D eigenvalue weighted by Gasteiger charge is -2.09. The Labute approximate surface area is 99.2 Å². The second-order valence-corrected chi connectivity index (χ2v) is 4.91. The first-order valence-electron chi connectivity index (χ1n) is 5.47. The van der Waals surface area contributed by atoms with E-state index in [0.29, 0.717) is 5.92 Å². The predicted octanol–water partition coefficient (Wildman–Crippen LogP) is 2.10. The lowest BCUT2D eigenvalue weighted by atomic mass is 10.1. The zero-order valence-corrected chi connectivity index (χ0v) is 10.4. The lowest BCUT2D eigenvalue weighted by Crippen LogP contribution is -2.14. The van der Waals surface area contributed by atoms with Gasteiger partial charge in [0.25, 0.3) is 0 Å². The highest BCUT2D eigenvalue weighted by atomic mass is 32.1. The minimum Gasteiger partial charge on any atom is -0.381 e. The van der Waals surface area contributed by atoms with Crippen molar-refractivity contribution in [3.63, 3.8) is 0 Å². The van der Waals surface area contributed by atoms with Crippen LogP contribution in [0, 0.1) is 12.8 Å². The van der Waals surface area contributed by atoms with Crippen molar-refractivity contribution < 1.29 is 9.53 Å². The number of anilines is 1. The number of aromatic nitrogens is 1. The summed E-state index contributed by atoms with van der Waals surface area (Å²) in [5.74, 6) is 0.638. The number of ether oxygens (including phenoxy) is 1. The molecule has 1 aromatic heterocycles. The molecule has 1 saturated heterocycles. The summed E-state index contributed by atoms with van der Waals surface area (Å²) in [6.07, 6.45) is 1.10. The normalized spacial score (nSPS) is 20.0. The summed E-state index contributed by atoms with van der Waals surface area (Å²) in [6.45, 7) is 5.99. The Morgan fingerprint density at radius 3 is 3.12 bits per heavy atom. The van der Waals surface area contributed by atoms with Crippen molar-refractivity contribution in [1.82, 2.24) is 4.37 Å². The van der Waals surface area contributed by atoms with Crippen molar-refractivity contribution in [3.05, 3.63) is 11.3 Å². The number of carbonyl (C=O) groups excluding carboxylic acids is 1. The van der Waals surface area contributed by atoms with Gasteiger partial charge in [0.1, 0.15) is 5.00 Å². The fourth-order valence-corrected chi connectivity index (χ4v) is 2.74. The van der Waals surface area contributed by atoms with Gasteiger partial charge >= 0.3 is 0 Å². The molecule has 2 rings (SSSR count). The third-order valence-corrected chi connectivity index (χ3v) is 3.69. The van der Waals surface area contributed by atoms with Crippen molar-refractivity contribution in [2.75, 3.05) is 25.1 Å². The molecule has 1 atom stereocenters. The van der Waals surface area contributed by atoms with Gasteiger partial charge in [0, 0.05) is 19.1 Å². The summed E-state index contributed by atoms with van der Waals surface area (Å²) >= 11 is 1.37. The van der Waals surface area contributed by atoms with Gasteiger partial charge in [-0.25, -0.2) is 0 Å². The Hall–Kier alpha value is -0.940. The number of aryl methyl sites for hydroxylation is 1. The number of hydrogen-bond acceptors (Lipinski definition) is 5. The second kappa shape index (κ2) is 4.93.